The second-order valence-electron chi connectivity index (χ2n) is 5.26. The van der Waals surface area contributed by atoms with Gasteiger partial charge in [0.05, 0.1) is 11.0 Å². The lowest BCUT2D eigenvalue weighted by Crippen LogP contribution is -2.51. The van der Waals surface area contributed by atoms with Crippen molar-refractivity contribution in [1.29, 1.82) is 0 Å². The molecular formula is C14H16N2O7. The fraction of sp³-hybridized carbons (Fsp3) is 0.429. The fourth-order valence-corrected chi connectivity index (χ4v) is 2.26. The molecule has 0 aromatic heterocycles. The molecule has 1 aliphatic heterocycles. The van der Waals surface area contributed by atoms with Crippen LogP contribution in [-0.2, 0) is 9.59 Å². The maximum Gasteiger partial charge on any atom is 0.335 e. The molecule has 1 aromatic rings. The number of carboxylic acids is 1. The van der Waals surface area contributed by atoms with Gasteiger partial charge in [-0.2, -0.15) is 0 Å². The number of piperidine rings is 1. The summed E-state index contributed by atoms with van der Waals surface area (Å²) in [7, 11) is 0. The van der Waals surface area contributed by atoms with E-state index in [-0.39, 0.29) is 49.9 Å². The van der Waals surface area contributed by atoms with Crippen molar-refractivity contribution in [2.75, 3.05) is 19.7 Å². The molecule has 124 valence electrons. The molecule has 9 heteroatoms. The minimum atomic E-state index is -1.79. The summed E-state index contributed by atoms with van der Waals surface area (Å²) in [5, 5.41) is 29.4. The van der Waals surface area contributed by atoms with Crippen molar-refractivity contribution in [3.63, 3.8) is 0 Å². The highest BCUT2D eigenvalue weighted by Gasteiger charge is 2.40. The van der Waals surface area contributed by atoms with E-state index >= 15 is 0 Å². The van der Waals surface area contributed by atoms with Crippen molar-refractivity contribution in [1.82, 2.24) is 4.90 Å². The zero-order chi connectivity index (χ0) is 17.0. The lowest BCUT2D eigenvalue weighted by Gasteiger charge is -2.35. The van der Waals surface area contributed by atoms with Gasteiger partial charge in [-0.25, -0.2) is 4.79 Å². The average Bonchev–Trinajstić information content (AvgIpc) is 2.53. The number of rotatable bonds is 5. The summed E-state index contributed by atoms with van der Waals surface area (Å²) < 4.78 is 5.24. The summed E-state index contributed by atoms with van der Waals surface area (Å²) in [5.41, 5.74) is -1.93. The van der Waals surface area contributed by atoms with Crippen molar-refractivity contribution in [3.8, 4) is 5.75 Å². The van der Waals surface area contributed by atoms with Gasteiger partial charge in [-0.3, -0.25) is 14.9 Å². The molecule has 1 fully saturated rings. The summed E-state index contributed by atoms with van der Waals surface area (Å²) in [4.78, 5) is 34.4. The molecule has 2 N–H and O–H groups in total. The topological polar surface area (TPSA) is 130 Å². The van der Waals surface area contributed by atoms with E-state index in [0.29, 0.717) is 0 Å². The molecule has 1 aromatic carbocycles. The minimum Gasteiger partial charge on any atom is -0.484 e. The van der Waals surface area contributed by atoms with Gasteiger partial charge in [0.1, 0.15) is 5.75 Å². The Bertz CT molecular complexity index is 623. The number of amides is 1. The number of ether oxygens (including phenoxy) is 1. The van der Waals surface area contributed by atoms with Crippen molar-refractivity contribution in [2.45, 2.75) is 18.4 Å². The number of non-ortho nitro benzene ring substituents is 1. The minimum absolute atomic E-state index is 0.0507. The highest BCUT2D eigenvalue weighted by molar-refractivity contribution is 5.80. The molecule has 23 heavy (non-hydrogen) atoms. The van der Waals surface area contributed by atoms with E-state index in [1.165, 1.54) is 29.2 Å². The predicted octanol–water partition coefficient (Wildman–Crippen LogP) is 0.412. The summed E-state index contributed by atoms with van der Waals surface area (Å²) >= 11 is 0. The highest BCUT2D eigenvalue weighted by atomic mass is 16.6. The number of benzene rings is 1. The molecule has 1 aliphatic rings. The third-order valence-electron chi connectivity index (χ3n) is 3.73. The van der Waals surface area contributed by atoms with Crippen LogP contribution in [0, 0.1) is 10.1 Å². The Labute approximate surface area is 131 Å². The first-order chi connectivity index (χ1) is 10.8. The molecule has 0 saturated carbocycles. The van der Waals surface area contributed by atoms with E-state index in [1.807, 2.05) is 0 Å². The SMILES string of the molecule is O=C(COc1cccc([N+](=O)[O-])c1)N1CCC(O)(C(=O)O)CC1. The van der Waals surface area contributed by atoms with Crippen LogP contribution in [0.4, 0.5) is 5.69 Å². The van der Waals surface area contributed by atoms with Crippen molar-refractivity contribution in [3.05, 3.63) is 34.4 Å². The maximum atomic E-state index is 12.0. The van der Waals surface area contributed by atoms with Crippen molar-refractivity contribution in [2.24, 2.45) is 0 Å². The Balaban J connectivity index is 1.88. The van der Waals surface area contributed by atoms with E-state index < -0.39 is 16.5 Å². The third-order valence-corrected chi connectivity index (χ3v) is 3.73. The normalized spacial score (nSPS) is 16.7. The van der Waals surface area contributed by atoms with Crippen LogP contribution >= 0.6 is 0 Å². The molecule has 0 aliphatic carbocycles. The monoisotopic (exact) mass is 324 g/mol. The quantitative estimate of drug-likeness (QED) is 0.592. The van der Waals surface area contributed by atoms with Crippen LogP contribution < -0.4 is 4.74 Å². The van der Waals surface area contributed by atoms with Crippen LogP contribution in [0.2, 0.25) is 0 Å². The number of hydrogen-bond acceptors (Lipinski definition) is 6. The molecule has 0 radical (unpaired) electrons. The second-order valence-corrected chi connectivity index (χ2v) is 5.26. The number of aliphatic hydroxyl groups is 1. The molecular weight excluding hydrogens is 308 g/mol. The van der Waals surface area contributed by atoms with Crippen LogP contribution in [-0.4, -0.2) is 57.2 Å². The summed E-state index contributed by atoms with van der Waals surface area (Å²) in [6.07, 6.45) is -0.101. The van der Waals surface area contributed by atoms with Crippen LogP contribution in [0.1, 0.15) is 12.8 Å². The zero-order valence-electron chi connectivity index (χ0n) is 12.2. The van der Waals surface area contributed by atoms with Crippen LogP contribution in [0.25, 0.3) is 0 Å². The number of nitro benzene ring substituents is 1. The first-order valence-corrected chi connectivity index (χ1v) is 6.93. The Kier molecular flexibility index (Phi) is 4.80. The van der Waals surface area contributed by atoms with Gasteiger partial charge in [0.15, 0.2) is 12.2 Å². The summed E-state index contributed by atoms with van der Waals surface area (Å²) in [6.45, 7) is -0.0907. The smallest absolute Gasteiger partial charge is 0.335 e. The first-order valence-electron chi connectivity index (χ1n) is 6.93. The van der Waals surface area contributed by atoms with Gasteiger partial charge in [-0.05, 0) is 6.07 Å². The zero-order valence-corrected chi connectivity index (χ0v) is 12.2. The standard InChI is InChI=1S/C14H16N2O7/c17-12(15-6-4-14(20,5-7-15)13(18)19)9-23-11-3-1-2-10(8-11)16(21)22/h1-3,8,20H,4-7,9H2,(H,18,19). The largest absolute Gasteiger partial charge is 0.484 e. The van der Waals surface area contributed by atoms with Gasteiger partial charge < -0.3 is 19.8 Å². The molecule has 0 unspecified atom stereocenters. The summed E-state index contributed by atoms with van der Waals surface area (Å²) in [6, 6.07) is 5.48. The molecule has 9 nitrogen and oxygen atoms in total. The van der Waals surface area contributed by atoms with E-state index in [2.05, 4.69) is 0 Å². The van der Waals surface area contributed by atoms with E-state index in [4.69, 9.17) is 9.84 Å². The Morgan fingerprint density at radius 3 is 2.57 bits per heavy atom. The van der Waals surface area contributed by atoms with E-state index in [0.717, 1.165) is 0 Å². The van der Waals surface area contributed by atoms with Gasteiger partial charge in [0.25, 0.3) is 11.6 Å². The van der Waals surface area contributed by atoms with Gasteiger partial charge in [0, 0.05) is 32.0 Å². The number of carboxylic acid groups (broad SMARTS) is 1. The van der Waals surface area contributed by atoms with Crippen molar-refractivity contribution < 1.29 is 29.5 Å². The van der Waals surface area contributed by atoms with Crippen LogP contribution in [0.5, 0.6) is 5.75 Å². The summed E-state index contributed by atoms with van der Waals surface area (Å²) in [5.74, 6) is -1.46. The number of nitrogens with zero attached hydrogens (tertiary/aromatic N) is 2. The Morgan fingerprint density at radius 1 is 1.35 bits per heavy atom. The molecule has 0 atom stereocenters. The molecule has 1 saturated heterocycles. The number of nitro groups is 1. The second kappa shape index (κ2) is 6.61. The maximum absolute atomic E-state index is 12.0. The molecule has 2 rings (SSSR count). The number of aliphatic carboxylic acids is 1. The fourth-order valence-electron chi connectivity index (χ4n) is 2.26. The lowest BCUT2D eigenvalue weighted by atomic mass is 9.92. The number of hydrogen-bond donors (Lipinski definition) is 2. The van der Waals surface area contributed by atoms with Gasteiger partial charge in [0.2, 0.25) is 0 Å². The molecule has 0 bridgehead atoms. The lowest BCUT2D eigenvalue weighted by molar-refractivity contribution is -0.384. The number of carbonyl (C=O) groups excluding carboxylic acids is 1. The van der Waals surface area contributed by atoms with E-state index in [1.54, 1.807) is 0 Å². The van der Waals surface area contributed by atoms with Crippen LogP contribution in [0.15, 0.2) is 24.3 Å². The Morgan fingerprint density at radius 2 is 2.00 bits per heavy atom. The van der Waals surface area contributed by atoms with Crippen molar-refractivity contribution >= 4 is 17.6 Å². The number of likely N-dealkylation sites (tertiary alicyclic amines) is 1. The average molecular weight is 324 g/mol. The molecule has 1 amide bonds. The van der Waals surface area contributed by atoms with Gasteiger partial charge in [-0.15, -0.1) is 0 Å². The molecule has 1 heterocycles. The predicted molar refractivity (Wildman–Crippen MR) is 77.0 cm³/mol. The van der Waals surface area contributed by atoms with Gasteiger partial charge >= 0.3 is 5.97 Å². The highest BCUT2D eigenvalue weighted by Crippen LogP contribution is 2.23. The van der Waals surface area contributed by atoms with E-state index in [9.17, 15) is 24.8 Å². The van der Waals surface area contributed by atoms with Crippen LogP contribution in [0.3, 0.4) is 0 Å². The first kappa shape index (κ1) is 16.7. The third kappa shape index (κ3) is 3.95. The molecule has 0 spiro atoms. The Hall–Kier alpha value is -2.68. The van der Waals surface area contributed by atoms with Gasteiger partial charge in [-0.1, -0.05) is 6.07 Å². The number of carbonyl (C=O) groups is 2.